The van der Waals surface area contributed by atoms with Crippen LogP contribution in [0.3, 0.4) is 0 Å². The summed E-state index contributed by atoms with van der Waals surface area (Å²) in [5.74, 6) is 2.26. The summed E-state index contributed by atoms with van der Waals surface area (Å²) in [6.45, 7) is 3.45. The Kier molecular flexibility index (Phi) is 7.13. The number of halogens is 1. The standard InChI is InChI=1S/C13H25N3S.HI/c1-14-12(15-8-10-17-2)16-9-7-13(11-16)5-3-4-6-13;/h3-11H2,1-2H3,(H,14,15);1H. The van der Waals surface area contributed by atoms with Gasteiger partial charge in [-0.3, -0.25) is 4.99 Å². The van der Waals surface area contributed by atoms with Crippen molar-refractivity contribution in [2.24, 2.45) is 10.4 Å². The van der Waals surface area contributed by atoms with E-state index >= 15 is 0 Å². The van der Waals surface area contributed by atoms with Gasteiger partial charge in [0, 0.05) is 32.4 Å². The van der Waals surface area contributed by atoms with Gasteiger partial charge in [-0.25, -0.2) is 0 Å². The minimum absolute atomic E-state index is 0. The number of guanidine groups is 1. The van der Waals surface area contributed by atoms with E-state index in [-0.39, 0.29) is 24.0 Å². The van der Waals surface area contributed by atoms with Crippen molar-refractivity contribution in [2.75, 3.05) is 38.7 Å². The zero-order valence-corrected chi connectivity index (χ0v) is 14.7. The molecule has 0 unspecified atom stereocenters. The van der Waals surface area contributed by atoms with E-state index in [0.29, 0.717) is 5.41 Å². The summed E-state index contributed by atoms with van der Waals surface area (Å²) in [6.07, 6.45) is 9.26. The second-order valence-corrected chi connectivity index (χ2v) is 6.33. The first kappa shape index (κ1) is 16.4. The van der Waals surface area contributed by atoms with Crippen LogP contribution in [0.2, 0.25) is 0 Å². The number of aliphatic imine (C=N–C) groups is 1. The quantitative estimate of drug-likeness (QED) is 0.352. The Balaban J connectivity index is 0.00000162. The molecule has 18 heavy (non-hydrogen) atoms. The van der Waals surface area contributed by atoms with Gasteiger partial charge < -0.3 is 10.2 Å². The predicted molar refractivity (Wildman–Crippen MR) is 92.2 cm³/mol. The molecule has 2 aliphatic rings. The lowest BCUT2D eigenvalue weighted by Crippen LogP contribution is -2.41. The van der Waals surface area contributed by atoms with Crippen LogP contribution < -0.4 is 5.32 Å². The van der Waals surface area contributed by atoms with Gasteiger partial charge in [0.25, 0.3) is 0 Å². The fraction of sp³-hybridized carbons (Fsp3) is 0.923. The van der Waals surface area contributed by atoms with Gasteiger partial charge in [-0.05, 0) is 30.9 Å². The molecule has 0 atom stereocenters. The number of likely N-dealkylation sites (tertiary alicyclic amines) is 1. The van der Waals surface area contributed by atoms with Gasteiger partial charge in [0.15, 0.2) is 5.96 Å². The molecule has 1 aliphatic carbocycles. The molecule has 0 radical (unpaired) electrons. The maximum absolute atomic E-state index is 4.42. The van der Waals surface area contributed by atoms with E-state index in [4.69, 9.17) is 0 Å². The molecule has 106 valence electrons. The van der Waals surface area contributed by atoms with Crippen LogP contribution in [0.15, 0.2) is 4.99 Å². The van der Waals surface area contributed by atoms with Crippen molar-refractivity contribution in [3.8, 4) is 0 Å². The molecule has 1 spiro atoms. The molecule has 1 heterocycles. The fourth-order valence-electron chi connectivity index (χ4n) is 3.25. The van der Waals surface area contributed by atoms with Crippen LogP contribution in [0.1, 0.15) is 32.1 Å². The molecule has 0 aromatic carbocycles. The summed E-state index contributed by atoms with van der Waals surface area (Å²) in [6, 6.07) is 0. The molecular formula is C13H26IN3S. The van der Waals surface area contributed by atoms with Crippen LogP contribution in [0.5, 0.6) is 0 Å². The highest BCUT2D eigenvalue weighted by Crippen LogP contribution is 2.45. The molecule has 0 amide bonds. The molecule has 0 bridgehead atoms. The van der Waals surface area contributed by atoms with Crippen molar-refractivity contribution in [3.63, 3.8) is 0 Å². The predicted octanol–water partition coefficient (Wildman–Crippen LogP) is 2.81. The number of hydrogen-bond donors (Lipinski definition) is 1. The van der Waals surface area contributed by atoms with Crippen molar-refractivity contribution in [1.29, 1.82) is 0 Å². The minimum atomic E-state index is 0. The monoisotopic (exact) mass is 383 g/mol. The van der Waals surface area contributed by atoms with Gasteiger partial charge in [0.2, 0.25) is 0 Å². The molecule has 1 saturated carbocycles. The number of rotatable bonds is 3. The lowest BCUT2D eigenvalue weighted by Gasteiger charge is -2.25. The maximum atomic E-state index is 4.42. The largest absolute Gasteiger partial charge is 0.355 e. The number of hydrogen-bond acceptors (Lipinski definition) is 2. The van der Waals surface area contributed by atoms with Crippen LogP contribution in [-0.4, -0.2) is 49.6 Å². The Labute approximate surface area is 133 Å². The molecule has 0 aromatic heterocycles. The normalized spacial score (nSPS) is 22.3. The molecule has 0 aromatic rings. The van der Waals surface area contributed by atoms with E-state index in [2.05, 4.69) is 21.5 Å². The van der Waals surface area contributed by atoms with Crippen molar-refractivity contribution >= 4 is 41.7 Å². The van der Waals surface area contributed by atoms with Gasteiger partial charge in [0.1, 0.15) is 0 Å². The Morgan fingerprint density at radius 3 is 2.67 bits per heavy atom. The Bertz CT molecular complexity index is 277. The summed E-state index contributed by atoms with van der Waals surface area (Å²) in [4.78, 5) is 6.88. The Hall–Kier alpha value is 0.350. The smallest absolute Gasteiger partial charge is 0.193 e. The molecule has 2 rings (SSSR count). The van der Waals surface area contributed by atoms with Gasteiger partial charge in [-0.15, -0.1) is 24.0 Å². The van der Waals surface area contributed by atoms with Crippen LogP contribution in [0, 0.1) is 5.41 Å². The highest BCUT2D eigenvalue weighted by atomic mass is 127. The first-order valence-corrected chi connectivity index (χ1v) is 8.14. The van der Waals surface area contributed by atoms with E-state index in [0.717, 1.165) is 18.3 Å². The number of thioether (sulfide) groups is 1. The zero-order chi connectivity index (χ0) is 12.1. The van der Waals surface area contributed by atoms with Gasteiger partial charge in [-0.2, -0.15) is 11.8 Å². The highest BCUT2D eigenvalue weighted by molar-refractivity contribution is 14.0. The average Bonchev–Trinajstić information content (AvgIpc) is 2.96. The van der Waals surface area contributed by atoms with Gasteiger partial charge in [-0.1, -0.05) is 12.8 Å². The number of nitrogens with one attached hydrogen (secondary N) is 1. The van der Waals surface area contributed by atoms with Crippen molar-refractivity contribution < 1.29 is 0 Å². The highest BCUT2D eigenvalue weighted by Gasteiger charge is 2.40. The lowest BCUT2D eigenvalue weighted by molar-refractivity contribution is 0.309. The second kappa shape index (κ2) is 7.82. The van der Waals surface area contributed by atoms with E-state index in [1.807, 2.05) is 18.8 Å². The molecule has 1 aliphatic heterocycles. The molecule has 2 fully saturated rings. The number of nitrogens with zero attached hydrogens (tertiary/aromatic N) is 2. The third-order valence-corrected chi connectivity index (χ3v) is 4.82. The summed E-state index contributed by atoms with van der Waals surface area (Å²) >= 11 is 1.88. The molecule has 1 N–H and O–H groups in total. The van der Waals surface area contributed by atoms with E-state index in [1.54, 1.807) is 0 Å². The summed E-state index contributed by atoms with van der Waals surface area (Å²) < 4.78 is 0. The molecule has 1 saturated heterocycles. The second-order valence-electron chi connectivity index (χ2n) is 5.35. The van der Waals surface area contributed by atoms with E-state index in [9.17, 15) is 0 Å². The summed E-state index contributed by atoms with van der Waals surface area (Å²) in [5, 5.41) is 3.47. The van der Waals surface area contributed by atoms with Crippen LogP contribution >= 0.6 is 35.7 Å². The van der Waals surface area contributed by atoms with Gasteiger partial charge in [0.05, 0.1) is 0 Å². The maximum Gasteiger partial charge on any atom is 0.193 e. The first-order valence-electron chi connectivity index (χ1n) is 6.74. The fourth-order valence-corrected chi connectivity index (χ4v) is 3.55. The molecule has 5 heteroatoms. The van der Waals surface area contributed by atoms with E-state index < -0.39 is 0 Å². The third kappa shape index (κ3) is 3.92. The van der Waals surface area contributed by atoms with Crippen LogP contribution in [0.25, 0.3) is 0 Å². The first-order chi connectivity index (χ1) is 8.29. The SMILES string of the molecule is CN=C(NCCSC)N1CCC2(CCCC2)C1.I. The Morgan fingerprint density at radius 2 is 2.06 bits per heavy atom. The van der Waals surface area contributed by atoms with Crippen molar-refractivity contribution in [1.82, 2.24) is 10.2 Å². The third-order valence-electron chi connectivity index (χ3n) is 4.20. The van der Waals surface area contributed by atoms with Crippen molar-refractivity contribution in [2.45, 2.75) is 32.1 Å². The van der Waals surface area contributed by atoms with Crippen molar-refractivity contribution in [3.05, 3.63) is 0 Å². The summed E-state index contributed by atoms with van der Waals surface area (Å²) in [5.41, 5.74) is 0.636. The molecular weight excluding hydrogens is 357 g/mol. The van der Waals surface area contributed by atoms with Gasteiger partial charge >= 0.3 is 0 Å². The van der Waals surface area contributed by atoms with E-state index in [1.165, 1.54) is 45.2 Å². The topological polar surface area (TPSA) is 27.6 Å². The average molecular weight is 383 g/mol. The zero-order valence-electron chi connectivity index (χ0n) is 11.6. The van der Waals surface area contributed by atoms with Crippen LogP contribution in [0.4, 0.5) is 0 Å². The van der Waals surface area contributed by atoms with Crippen LogP contribution in [-0.2, 0) is 0 Å². The summed E-state index contributed by atoms with van der Waals surface area (Å²) in [7, 11) is 1.90. The Morgan fingerprint density at radius 1 is 1.33 bits per heavy atom. The minimum Gasteiger partial charge on any atom is -0.355 e. The molecule has 3 nitrogen and oxygen atoms in total. The lowest BCUT2D eigenvalue weighted by atomic mass is 9.86.